The number of hydrogen-bond donors (Lipinski definition) is 2. The first kappa shape index (κ1) is 20.9. The molecule has 2 aliphatic rings. The van der Waals surface area contributed by atoms with E-state index in [1.165, 1.54) is 30.0 Å². The van der Waals surface area contributed by atoms with E-state index in [-0.39, 0.29) is 42.0 Å². The topological polar surface area (TPSA) is 139 Å². The molecule has 0 saturated carbocycles. The summed E-state index contributed by atoms with van der Waals surface area (Å²) in [6, 6.07) is 2.28. The molecule has 3 rings (SSSR count). The minimum absolute atomic E-state index is 0.0919. The second kappa shape index (κ2) is 7.91. The summed E-state index contributed by atoms with van der Waals surface area (Å²) < 4.78 is 32.7. The maximum atomic E-state index is 12.8. The van der Waals surface area contributed by atoms with Crippen LogP contribution in [0.15, 0.2) is 23.1 Å². The van der Waals surface area contributed by atoms with Crippen LogP contribution in [-0.4, -0.2) is 55.7 Å². The van der Waals surface area contributed by atoms with E-state index < -0.39 is 45.8 Å². The number of piperidine rings is 1. The number of sulfonamides is 1. The molecule has 0 radical (unpaired) electrons. The summed E-state index contributed by atoms with van der Waals surface area (Å²) in [6.45, 7) is 2.99. The van der Waals surface area contributed by atoms with E-state index in [1.807, 2.05) is 0 Å². The van der Waals surface area contributed by atoms with Crippen molar-refractivity contribution < 1.29 is 32.3 Å². The molecule has 0 aromatic heterocycles. The van der Waals surface area contributed by atoms with Gasteiger partial charge >= 0.3 is 5.97 Å². The molecule has 2 N–H and O–H groups in total. The van der Waals surface area contributed by atoms with Crippen LogP contribution in [0.3, 0.4) is 0 Å². The number of rotatable bonds is 6. The van der Waals surface area contributed by atoms with E-state index in [2.05, 4.69) is 10.0 Å². The van der Waals surface area contributed by atoms with Crippen LogP contribution in [0, 0.1) is 0 Å². The van der Waals surface area contributed by atoms with Gasteiger partial charge in [0.2, 0.25) is 21.8 Å². The van der Waals surface area contributed by atoms with Crippen molar-refractivity contribution in [1.82, 2.24) is 14.9 Å². The highest BCUT2D eigenvalue weighted by molar-refractivity contribution is 7.89. The van der Waals surface area contributed by atoms with E-state index in [1.54, 1.807) is 6.92 Å². The second-order valence-corrected chi connectivity index (χ2v) is 8.46. The smallest absolute Gasteiger partial charge is 0.323 e. The Morgan fingerprint density at radius 2 is 2.07 bits per heavy atom. The molecular weight excluding hydrogens is 402 g/mol. The molecule has 0 bridgehead atoms. The third-order valence-corrected chi connectivity index (χ3v) is 6.43. The predicted molar refractivity (Wildman–Crippen MR) is 98.9 cm³/mol. The Bertz CT molecular complexity index is 989. The summed E-state index contributed by atoms with van der Waals surface area (Å²) in [5.74, 6) is -2.19. The Hall–Kier alpha value is -2.79. The Balaban J connectivity index is 1.88. The Morgan fingerprint density at radius 3 is 2.72 bits per heavy atom. The predicted octanol–water partition coefficient (Wildman–Crippen LogP) is -0.322. The van der Waals surface area contributed by atoms with Crippen molar-refractivity contribution in [2.24, 2.45) is 0 Å². The van der Waals surface area contributed by atoms with Crippen molar-refractivity contribution in [3.05, 3.63) is 29.3 Å². The quantitative estimate of drug-likeness (QED) is 0.472. The summed E-state index contributed by atoms with van der Waals surface area (Å²) in [4.78, 5) is 49.2. The number of amides is 3. The monoisotopic (exact) mass is 423 g/mol. The third-order valence-electron chi connectivity index (χ3n) is 4.80. The summed E-state index contributed by atoms with van der Waals surface area (Å²) >= 11 is 0. The van der Waals surface area contributed by atoms with Crippen molar-refractivity contribution in [2.75, 3.05) is 6.61 Å². The summed E-state index contributed by atoms with van der Waals surface area (Å²) in [7, 11) is -4.13. The van der Waals surface area contributed by atoms with Crippen LogP contribution in [-0.2, 0) is 35.7 Å². The van der Waals surface area contributed by atoms with Gasteiger partial charge < -0.3 is 9.64 Å². The highest BCUT2D eigenvalue weighted by Crippen LogP contribution is 2.31. The molecule has 0 aliphatic carbocycles. The van der Waals surface area contributed by atoms with E-state index in [0.717, 1.165) is 0 Å². The number of hydrogen-bond acceptors (Lipinski definition) is 7. The SMILES string of the molecule is CCOC(=O)[C@@H](C)NS(=O)(=O)c1cccc2c1CN(C1CCC(=O)NC1=O)C2=O. The van der Waals surface area contributed by atoms with Gasteiger partial charge in [-0.15, -0.1) is 0 Å². The van der Waals surface area contributed by atoms with Crippen molar-refractivity contribution >= 4 is 33.7 Å². The zero-order valence-corrected chi connectivity index (χ0v) is 16.7. The van der Waals surface area contributed by atoms with Crippen LogP contribution in [0.25, 0.3) is 0 Å². The molecule has 1 saturated heterocycles. The van der Waals surface area contributed by atoms with Gasteiger partial charge in [-0.05, 0) is 32.4 Å². The van der Waals surface area contributed by atoms with Crippen LogP contribution in [0.1, 0.15) is 42.6 Å². The van der Waals surface area contributed by atoms with Gasteiger partial charge in [0.25, 0.3) is 5.91 Å². The van der Waals surface area contributed by atoms with Crippen LogP contribution in [0.4, 0.5) is 0 Å². The van der Waals surface area contributed by atoms with Gasteiger partial charge in [0.15, 0.2) is 0 Å². The summed E-state index contributed by atoms with van der Waals surface area (Å²) in [5.41, 5.74) is 0.409. The average Bonchev–Trinajstić information content (AvgIpc) is 2.98. The molecule has 1 fully saturated rings. The van der Waals surface area contributed by atoms with Crippen molar-refractivity contribution in [1.29, 1.82) is 0 Å². The first-order valence-electron chi connectivity index (χ1n) is 9.11. The van der Waals surface area contributed by atoms with E-state index >= 15 is 0 Å². The number of imide groups is 1. The molecule has 1 unspecified atom stereocenters. The fourth-order valence-electron chi connectivity index (χ4n) is 3.42. The highest BCUT2D eigenvalue weighted by atomic mass is 32.2. The molecule has 0 spiro atoms. The number of benzene rings is 1. The number of nitrogens with one attached hydrogen (secondary N) is 2. The van der Waals surface area contributed by atoms with Gasteiger partial charge in [-0.3, -0.25) is 24.5 Å². The summed E-state index contributed by atoms with van der Waals surface area (Å²) in [5, 5.41) is 2.20. The van der Waals surface area contributed by atoms with E-state index in [4.69, 9.17) is 4.74 Å². The minimum atomic E-state index is -4.13. The molecule has 29 heavy (non-hydrogen) atoms. The van der Waals surface area contributed by atoms with Crippen LogP contribution >= 0.6 is 0 Å². The standard InChI is InChI=1S/C18H21N3O7S/c1-3-28-18(25)10(2)20-29(26,27)14-6-4-5-11-12(14)9-21(17(11)24)13-7-8-15(22)19-16(13)23/h4-6,10,13,20H,3,7-9H2,1-2H3,(H,19,22,23)/t10-,13?/m1/s1. The molecule has 11 heteroatoms. The zero-order chi connectivity index (χ0) is 21.3. The molecule has 3 amide bonds. The van der Waals surface area contributed by atoms with Crippen molar-refractivity contribution in [3.63, 3.8) is 0 Å². The number of fused-ring (bicyclic) bond motifs is 1. The Labute approximate surface area is 167 Å². The molecule has 1 aromatic rings. The fraction of sp³-hybridized carbons (Fsp3) is 0.444. The third kappa shape index (κ3) is 4.01. The van der Waals surface area contributed by atoms with Crippen LogP contribution < -0.4 is 10.0 Å². The molecule has 156 valence electrons. The Kier molecular flexibility index (Phi) is 5.71. The zero-order valence-electron chi connectivity index (χ0n) is 15.9. The molecule has 1 aromatic carbocycles. The van der Waals surface area contributed by atoms with Gasteiger partial charge in [-0.2, -0.15) is 4.72 Å². The van der Waals surface area contributed by atoms with Gasteiger partial charge in [-0.1, -0.05) is 6.07 Å². The highest BCUT2D eigenvalue weighted by Gasteiger charge is 2.41. The van der Waals surface area contributed by atoms with Crippen LogP contribution in [0.5, 0.6) is 0 Å². The van der Waals surface area contributed by atoms with Gasteiger partial charge in [-0.25, -0.2) is 8.42 Å². The first-order chi connectivity index (χ1) is 13.7. The van der Waals surface area contributed by atoms with Crippen LogP contribution in [0.2, 0.25) is 0 Å². The number of esters is 1. The lowest BCUT2D eigenvalue weighted by Crippen LogP contribution is -2.52. The minimum Gasteiger partial charge on any atom is -0.465 e. The second-order valence-electron chi connectivity index (χ2n) is 6.78. The summed E-state index contributed by atoms with van der Waals surface area (Å²) in [6.07, 6.45) is 0.269. The number of ether oxygens (including phenoxy) is 1. The van der Waals surface area contributed by atoms with Gasteiger partial charge in [0.1, 0.15) is 12.1 Å². The lowest BCUT2D eigenvalue weighted by Gasteiger charge is -2.29. The fourth-order valence-corrected chi connectivity index (χ4v) is 4.87. The molecule has 2 aliphatic heterocycles. The van der Waals surface area contributed by atoms with Gasteiger partial charge in [0, 0.05) is 24.1 Å². The maximum Gasteiger partial charge on any atom is 0.323 e. The Morgan fingerprint density at radius 1 is 1.34 bits per heavy atom. The normalized spacial score (nSPS) is 20.3. The molecule has 10 nitrogen and oxygen atoms in total. The molecule has 2 atom stereocenters. The van der Waals surface area contributed by atoms with Gasteiger partial charge in [0.05, 0.1) is 11.5 Å². The molecular formula is C18H21N3O7S. The van der Waals surface area contributed by atoms with Crippen molar-refractivity contribution in [2.45, 2.75) is 50.2 Å². The van der Waals surface area contributed by atoms with E-state index in [9.17, 15) is 27.6 Å². The maximum absolute atomic E-state index is 12.8. The lowest BCUT2D eigenvalue weighted by molar-refractivity contribution is -0.144. The number of carbonyl (C=O) groups is 4. The van der Waals surface area contributed by atoms with Crippen molar-refractivity contribution in [3.8, 4) is 0 Å². The number of carbonyl (C=O) groups excluding carboxylic acids is 4. The average molecular weight is 423 g/mol. The molecule has 2 heterocycles. The lowest BCUT2D eigenvalue weighted by atomic mass is 10.0. The first-order valence-corrected chi connectivity index (χ1v) is 10.6. The number of nitrogens with zero attached hydrogens (tertiary/aromatic N) is 1. The largest absolute Gasteiger partial charge is 0.465 e. The van der Waals surface area contributed by atoms with E-state index in [0.29, 0.717) is 0 Å².